The summed E-state index contributed by atoms with van der Waals surface area (Å²) in [4.78, 5) is 11.3. The molecular formula is C9H12O. The third-order valence-electron chi connectivity index (χ3n) is 3.97. The van der Waals surface area contributed by atoms with Crippen molar-refractivity contribution in [1.82, 2.24) is 0 Å². The highest BCUT2D eigenvalue weighted by Gasteiger charge is 2.64. The first kappa shape index (κ1) is 5.34. The second-order valence-corrected chi connectivity index (χ2v) is 4.23. The van der Waals surface area contributed by atoms with Crippen LogP contribution < -0.4 is 0 Å². The smallest absolute Gasteiger partial charge is 0.136 e. The third-order valence-corrected chi connectivity index (χ3v) is 3.97. The van der Waals surface area contributed by atoms with Crippen molar-refractivity contribution in [3.8, 4) is 0 Å². The van der Waals surface area contributed by atoms with Gasteiger partial charge >= 0.3 is 0 Å². The molecule has 3 aliphatic rings. The van der Waals surface area contributed by atoms with Gasteiger partial charge in [-0.1, -0.05) is 0 Å². The van der Waals surface area contributed by atoms with Crippen LogP contribution in [0.4, 0.5) is 0 Å². The standard InChI is InChI=1S/C9H12O/c10-8-5-6-1-2-7(8)9(6)3-4-9/h6-7H,1-5H2/t6-,7-/m1/s1. The van der Waals surface area contributed by atoms with Gasteiger partial charge < -0.3 is 0 Å². The molecule has 0 aliphatic heterocycles. The summed E-state index contributed by atoms with van der Waals surface area (Å²) < 4.78 is 0. The highest BCUT2D eigenvalue weighted by molar-refractivity contribution is 5.86. The van der Waals surface area contributed by atoms with E-state index < -0.39 is 0 Å². The number of hydrogen-bond donors (Lipinski definition) is 0. The van der Waals surface area contributed by atoms with Crippen LogP contribution in [0, 0.1) is 17.3 Å². The molecule has 0 aromatic rings. The molecule has 0 unspecified atom stereocenters. The Hall–Kier alpha value is -0.330. The van der Waals surface area contributed by atoms with Gasteiger partial charge in [-0.25, -0.2) is 0 Å². The first-order valence-electron chi connectivity index (χ1n) is 4.36. The zero-order valence-corrected chi connectivity index (χ0v) is 6.10. The van der Waals surface area contributed by atoms with Gasteiger partial charge in [-0.15, -0.1) is 0 Å². The Balaban J connectivity index is 2.07. The van der Waals surface area contributed by atoms with E-state index in [0.717, 1.165) is 12.3 Å². The van der Waals surface area contributed by atoms with Gasteiger partial charge in [0.2, 0.25) is 0 Å². The minimum atomic E-state index is 0.525. The lowest BCUT2D eigenvalue weighted by atomic mass is 9.94. The average Bonchev–Trinajstić information content (AvgIpc) is 2.55. The fourth-order valence-electron chi connectivity index (χ4n) is 3.30. The summed E-state index contributed by atoms with van der Waals surface area (Å²) in [7, 11) is 0. The second kappa shape index (κ2) is 1.32. The van der Waals surface area contributed by atoms with Crippen LogP contribution in [0.3, 0.4) is 0 Å². The second-order valence-electron chi connectivity index (χ2n) is 4.23. The molecule has 0 saturated heterocycles. The maximum absolute atomic E-state index is 11.3. The Bertz CT molecular complexity index is 203. The molecule has 0 aromatic carbocycles. The molecule has 1 nitrogen and oxygen atoms in total. The van der Waals surface area contributed by atoms with Gasteiger partial charge in [-0.3, -0.25) is 4.79 Å². The van der Waals surface area contributed by atoms with Gasteiger partial charge in [0.15, 0.2) is 0 Å². The van der Waals surface area contributed by atoms with Crippen LogP contribution in [-0.2, 0) is 4.79 Å². The van der Waals surface area contributed by atoms with E-state index in [1.165, 1.54) is 25.7 Å². The summed E-state index contributed by atoms with van der Waals surface area (Å²) >= 11 is 0. The normalized spacial score (nSPS) is 47.0. The van der Waals surface area contributed by atoms with Crippen molar-refractivity contribution >= 4 is 5.78 Å². The number of Topliss-reactive ketones (excluding diaryl/α,β-unsaturated/α-hetero) is 1. The maximum Gasteiger partial charge on any atom is 0.136 e. The average molecular weight is 136 g/mol. The lowest BCUT2D eigenvalue weighted by Crippen LogP contribution is -2.11. The highest BCUT2D eigenvalue weighted by Crippen LogP contribution is 2.69. The van der Waals surface area contributed by atoms with E-state index in [4.69, 9.17) is 0 Å². The summed E-state index contributed by atoms with van der Waals surface area (Å²) in [5.41, 5.74) is 0.594. The minimum Gasteiger partial charge on any atom is -0.299 e. The van der Waals surface area contributed by atoms with Gasteiger partial charge in [0, 0.05) is 12.3 Å². The zero-order valence-electron chi connectivity index (χ0n) is 6.10. The van der Waals surface area contributed by atoms with Gasteiger partial charge in [0.1, 0.15) is 5.78 Å². The Morgan fingerprint density at radius 3 is 2.40 bits per heavy atom. The molecule has 0 aromatic heterocycles. The summed E-state index contributed by atoms with van der Waals surface area (Å²) in [6, 6.07) is 0. The van der Waals surface area contributed by atoms with Crippen molar-refractivity contribution < 1.29 is 4.79 Å². The molecule has 3 rings (SSSR count). The molecule has 10 heavy (non-hydrogen) atoms. The first-order chi connectivity index (χ1) is 4.83. The number of rotatable bonds is 0. The quantitative estimate of drug-likeness (QED) is 0.496. The van der Waals surface area contributed by atoms with E-state index in [1.54, 1.807) is 0 Å². The van der Waals surface area contributed by atoms with E-state index in [-0.39, 0.29) is 0 Å². The van der Waals surface area contributed by atoms with Crippen LogP contribution in [0.15, 0.2) is 0 Å². The van der Waals surface area contributed by atoms with Gasteiger partial charge in [0.25, 0.3) is 0 Å². The molecule has 1 heteroatoms. The summed E-state index contributed by atoms with van der Waals surface area (Å²) in [5, 5.41) is 0. The lowest BCUT2D eigenvalue weighted by molar-refractivity contribution is -0.122. The molecular weight excluding hydrogens is 124 g/mol. The van der Waals surface area contributed by atoms with Crippen molar-refractivity contribution in [3.05, 3.63) is 0 Å². The molecule has 2 atom stereocenters. The number of ketones is 1. The topological polar surface area (TPSA) is 17.1 Å². The summed E-state index contributed by atoms with van der Waals surface area (Å²) in [6.45, 7) is 0. The molecule has 3 fully saturated rings. The van der Waals surface area contributed by atoms with Crippen molar-refractivity contribution in [2.45, 2.75) is 32.1 Å². The monoisotopic (exact) mass is 136 g/mol. The van der Waals surface area contributed by atoms with E-state index in [2.05, 4.69) is 0 Å². The predicted molar refractivity (Wildman–Crippen MR) is 37.5 cm³/mol. The molecule has 2 bridgehead atoms. The Kier molecular flexibility index (Phi) is 0.704. The molecule has 0 amide bonds. The first-order valence-corrected chi connectivity index (χ1v) is 4.36. The molecule has 3 saturated carbocycles. The fourth-order valence-corrected chi connectivity index (χ4v) is 3.30. The third kappa shape index (κ3) is 0.388. The Labute approximate surface area is 60.8 Å². The Morgan fingerprint density at radius 1 is 1.30 bits per heavy atom. The molecule has 1 spiro atoms. The van der Waals surface area contributed by atoms with Crippen LogP contribution >= 0.6 is 0 Å². The number of carbonyl (C=O) groups excluding carboxylic acids is 1. The van der Waals surface area contributed by atoms with Crippen molar-refractivity contribution in [1.29, 1.82) is 0 Å². The maximum atomic E-state index is 11.3. The van der Waals surface area contributed by atoms with Gasteiger partial charge in [0.05, 0.1) is 0 Å². The van der Waals surface area contributed by atoms with Gasteiger partial charge in [-0.05, 0) is 37.0 Å². The SMILES string of the molecule is O=C1C[C@H]2CC[C@H]1C21CC1. The van der Waals surface area contributed by atoms with Crippen LogP contribution in [0.5, 0.6) is 0 Å². The summed E-state index contributed by atoms with van der Waals surface area (Å²) in [6.07, 6.45) is 6.26. The van der Waals surface area contributed by atoms with Gasteiger partial charge in [-0.2, -0.15) is 0 Å². The van der Waals surface area contributed by atoms with Crippen LogP contribution in [-0.4, -0.2) is 5.78 Å². The van der Waals surface area contributed by atoms with E-state index in [1.807, 2.05) is 0 Å². The van der Waals surface area contributed by atoms with Crippen molar-refractivity contribution in [2.24, 2.45) is 17.3 Å². The fraction of sp³-hybridized carbons (Fsp3) is 0.889. The largest absolute Gasteiger partial charge is 0.299 e. The molecule has 0 radical (unpaired) electrons. The predicted octanol–water partition coefficient (Wildman–Crippen LogP) is 1.77. The van der Waals surface area contributed by atoms with Crippen molar-refractivity contribution in [3.63, 3.8) is 0 Å². The number of hydrogen-bond acceptors (Lipinski definition) is 1. The van der Waals surface area contributed by atoms with E-state index in [0.29, 0.717) is 17.1 Å². The van der Waals surface area contributed by atoms with Crippen LogP contribution in [0.25, 0.3) is 0 Å². The van der Waals surface area contributed by atoms with Crippen LogP contribution in [0.1, 0.15) is 32.1 Å². The number of carbonyl (C=O) groups is 1. The molecule has 54 valence electrons. The summed E-state index contributed by atoms with van der Waals surface area (Å²) in [5.74, 6) is 1.94. The Morgan fingerprint density at radius 2 is 2.10 bits per heavy atom. The van der Waals surface area contributed by atoms with Crippen molar-refractivity contribution in [2.75, 3.05) is 0 Å². The minimum absolute atomic E-state index is 0.525. The van der Waals surface area contributed by atoms with E-state index >= 15 is 0 Å². The van der Waals surface area contributed by atoms with Crippen LogP contribution in [0.2, 0.25) is 0 Å². The molecule has 3 aliphatic carbocycles. The highest BCUT2D eigenvalue weighted by atomic mass is 16.1. The lowest BCUT2D eigenvalue weighted by Gasteiger charge is -2.08. The van der Waals surface area contributed by atoms with E-state index in [9.17, 15) is 4.79 Å². The molecule has 0 N–H and O–H groups in total. The molecule has 0 heterocycles. The zero-order chi connectivity index (χ0) is 6.77.